The van der Waals surface area contributed by atoms with Gasteiger partial charge in [0.15, 0.2) is 0 Å². The third-order valence-corrected chi connectivity index (χ3v) is 1.99. The topological polar surface area (TPSA) is 92.8 Å². The van der Waals surface area contributed by atoms with Crippen molar-refractivity contribution in [3.8, 4) is 0 Å². The monoisotopic (exact) mass is 248 g/mol. The number of furan rings is 2. The fourth-order valence-corrected chi connectivity index (χ4v) is 1.29. The molecule has 0 saturated carbocycles. The van der Waals surface area contributed by atoms with Crippen LogP contribution < -0.4 is 10.2 Å². The molecule has 0 atom stereocenters. The molecule has 2 aromatic heterocycles. The van der Waals surface area contributed by atoms with Crippen LogP contribution in [0, 0.1) is 0 Å². The van der Waals surface area contributed by atoms with E-state index >= 15 is 0 Å². The van der Waals surface area contributed by atoms with Crippen molar-refractivity contribution < 1.29 is 23.2 Å². The molecule has 1 N–H and O–H groups in total. The Morgan fingerprint density at radius 1 is 1.11 bits per heavy atom. The predicted molar refractivity (Wildman–Crippen MR) is 59.2 cm³/mol. The van der Waals surface area contributed by atoms with Crippen molar-refractivity contribution >= 4 is 30.0 Å². The maximum Gasteiger partial charge on any atom is 0.338 e. The number of amides is 3. The number of hydrogen-bond acceptors (Lipinski definition) is 5. The molecular weight excluding hydrogens is 240 g/mol. The van der Waals surface area contributed by atoms with Gasteiger partial charge in [0.05, 0.1) is 12.5 Å². The van der Waals surface area contributed by atoms with E-state index in [4.69, 9.17) is 8.83 Å². The summed E-state index contributed by atoms with van der Waals surface area (Å²) in [7, 11) is 0. The lowest BCUT2D eigenvalue weighted by atomic mass is 10.5. The van der Waals surface area contributed by atoms with Crippen molar-refractivity contribution in [3.63, 3.8) is 0 Å². The van der Waals surface area contributed by atoms with E-state index in [0.717, 1.165) is 4.90 Å². The summed E-state index contributed by atoms with van der Waals surface area (Å²) < 4.78 is 10.1. The van der Waals surface area contributed by atoms with Crippen LogP contribution in [-0.4, -0.2) is 18.2 Å². The lowest BCUT2D eigenvalue weighted by Crippen LogP contribution is -2.40. The molecule has 18 heavy (non-hydrogen) atoms. The summed E-state index contributed by atoms with van der Waals surface area (Å²) in [5.74, 6) is -0.745. The normalized spacial score (nSPS) is 9.78. The minimum absolute atomic E-state index is 0.000350. The average molecular weight is 248 g/mol. The van der Waals surface area contributed by atoms with Gasteiger partial charge in [0.1, 0.15) is 0 Å². The van der Waals surface area contributed by atoms with Gasteiger partial charge in [-0.15, -0.1) is 0 Å². The van der Waals surface area contributed by atoms with Crippen molar-refractivity contribution in [1.82, 2.24) is 5.32 Å². The van der Waals surface area contributed by atoms with Crippen LogP contribution in [0.2, 0.25) is 0 Å². The molecule has 0 unspecified atom stereocenters. The number of anilines is 2. The van der Waals surface area contributed by atoms with Gasteiger partial charge in [0, 0.05) is 12.1 Å². The molecule has 0 radical (unpaired) electrons. The van der Waals surface area contributed by atoms with Crippen LogP contribution in [0.4, 0.5) is 16.6 Å². The number of carbonyl (C=O) groups is 3. The Kier molecular flexibility index (Phi) is 3.24. The predicted octanol–water partition coefficient (Wildman–Crippen LogP) is 1.45. The molecule has 7 heteroatoms. The van der Waals surface area contributed by atoms with E-state index in [1.54, 1.807) is 12.1 Å². The first-order chi connectivity index (χ1) is 8.72. The fraction of sp³-hybridized carbons (Fsp3) is 0. The van der Waals surface area contributed by atoms with Crippen LogP contribution in [0.5, 0.6) is 0 Å². The van der Waals surface area contributed by atoms with Gasteiger partial charge < -0.3 is 8.83 Å². The summed E-state index contributed by atoms with van der Waals surface area (Å²) in [4.78, 5) is 33.9. The minimum atomic E-state index is -1.05. The molecule has 2 heterocycles. The van der Waals surface area contributed by atoms with Gasteiger partial charge in [-0.25, -0.2) is 4.79 Å². The quantitative estimate of drug-likeness (QED) is 0.655. The van der Waals surface area contributed by atoms with Gasteiger partial charge in [-0.1, -0.05) is 0 Å². The number of carbonyl (C=O) groups excluding carboxylic acids is 3. The Labute approximate surface area is 101 Å². The highest BCUT2D eigenvalue weighted by Crippen LogP contribution is 2.25. The Balaban J connectivity index is 2.29. The Morgan fingerprint density at radius 2 is 1.67 bits per heavy atom. The van der Waals surface area contributed by atoms with E-state index in [1.165, 1.54) is 24.7 Å². The third kappa shape index (κ3) is 2.29. The molecule has 7 nitrogen and oxygen atoms in total. The zero-order chi connectivity index (χ0) is 13.0. The van der Waals surface area contributed by atoms with E-state index in [-0.39, 0.29) is 18.1 Å². The van der Waals surface area contributed by atoms with Crippen LogP contribution >= 0.6 is 0 Å². The second kappa shape index (κ2) is 5.00. The summed E-state index contributed by atoms with van der Waals surface area (Å²) in [5, 5.41) is 1.87. The molecular formula is C11H8N2O5. The van der Waals surface area contributed by atoms with E-state index in [1.807, 2.05) is 5.32 Å². The van der Waals surface area contributed by atoms with E-state index in [0.29, 0.717) is 0 Å². The van der Waals surface area contributed by atoms with Crippen molar-refractivity contribution in [2.45, 2.75) is 0 Å². The number of nitrogens with zero attached hydrogens (tertiary/aromatic N) is 1. The van der Waals surface area contributed by atoms with Gasteiger partial charge in [-0.3, -0.25) is 14.9 Å². The van der Waals surface area contributed by atoms with Crippen LogP contribution in [0.3, 0.4) is 0 Å². The molecule has 0 aromatic carbocycles. The molecule has 3 amide bonds. The van der Waals surface area contributed by atoms with Crippen LogP contribution in [-0.2, 0) is 9.59 Å². The number of imide groups is 1. The summed E-state index contributed by atoms with van der Waals surface area (Å²) in [6, 6.07) is 5.30. The van der Waals surface area contributed by atoms with Crippen molar-refractivity contribution in [1.29, 1.82) is 0 Å². The van der Waals surface area contributed by atoms with Crippen molar-refractivity contribution in [3.05, 3.63) is 36.8 Å². The molecule has 2 aromatic rings. The standard InChI is InChI=1S/C11H8N2O5/c14-7-8(15)12-11(16)13(9-3-1-5-17-9)10-4-2-6-18-10/h1-7H,(H,12,15,16). The second-order valence-electron chi connectivity index (χ2n) is 3.15. The number of hydrogen-bond donors (Lipinski definition) is 1. The highest BCUT2D eigenvalue weighted by molar-refractivity contribution is 6.28. The van der Waals surface area contributed by atoms with E-state index in [9.17, 15) is 14.4 Å². The first kappa shape index (κ1) is 11.6. The molecule has 0 bridgehead atoms. The van der Waals surface area contributed by atoms with E-state index in [2.05, 4.69) is 0 Å². The summed E-state index contributed by atoms with van der Waals surface area (Å²) in [6.45, 7) is 0. The van der Waals surface area contributed by atoms with Gasteiger partial charge in [0.2, 0.25) is 18.1 Å². The van der Waals surface area contributed by atoms with Gasteiger partial charge in [-0.05, 0) is 12.1 Å². The van der Waals surface area contributed by atoms with Crippen molar-refractivity contribution in [2.75, 3.05) is 4.90 Å². The minimum Gasteiger partial charge on any atom is -0.448 e. The summed E-state index contributed by atoms with van der Waals surface area (Å²) >= 11 is 0. The number of aldehydes is 1. The molecule has 0 aliphatic rings. The lowest BCUT2D eigenvalue weighted by molar-refractivity contribution is -0.130. The Hall–Kier alpha value is -2.83. The Bertz CT molecular complexity index is 510. The van der Waals surface area contributed by atoms with Crippen molar-refractivity contribution in [2.24, 2.45) is 0 Å². The molecule has 0 saturated heterocycles. The van der Waals surface area contributed by atoms with Crippen LogP contribution in [0.25, 0.3) is 0 Å². The molecule has 92 valence electrons. The number of rotatable bonds is 3. The Morgan fingerprint density at radius 3 is 2.06 bits per heavy atom. The smallest absolute Gasteiger partial charge is 0.338 e. The summed E-state index contributed by atoms with van der Waals surface area (Å²) in [5.41, 5.74) is 0. The number of nitrogens with one attached hydrogen (secondary N) is 1. The number of urea groups is 1. The molecule has 0 fully saturated rings. The molecule has 0 aliphatic heterocycles. The largest absolute Gasteiger partial charge is 0.448 e. The van der Waals surface area contributed by atoms with E-state index < -0.39 is 11.9 Å². The third-order valence-electron chi connectivity index (χ3n) is 1.99. The zero-order valence-electron chi connectivity index (χ0n) is 9.03. The highest BCUT2D eigenvalue weighted by Gasteiger charge is 2.24. The summed E-state index contributed by atoms with van der Waals surface area (Å²) in [6.07, 6.45) is 2.72. The highest BCUT2D eigenvalue weighted by atomic mass is 16.4. The maximum atomic E-state index is 11.8. The zero-order valence-corrected chi connectivity index (χ0v) is 9.03. The van der Waals surface area contributed by atoms with Gasteiger partial charge >= 0.3 is 6.03 Å². The maximum absolute atomic E-state index is 11.8. The van der Waals surface area contributed by atoms with Crippen LogP contribution in [0.15, 0.2) is 45.6 Å². The first-order valence-corrected chi connectivity index (χ1v) is 4.89. The van der Waals surface area contributed by atoms with Crippen LogP contribution in [0.1, 0.15) is 0 Å². The fourth-order valence-electron chi connectivity index (χ4n) is 1.29. The second-order valence-corrected chi connectivity index (χ2v) is 3.15. The first-order valence-electron chi connectivity index (χ1n) is 4.89. The molecule has 0 aliphatic carbocycles. The molecule has 0 spiro atoms. The molecule has 2 rings (SSSR count). The average Bonchev–Trinajstić information content (AvgIpc) is 3.02. The van der Waals surface area contributed by atoms with Gasteiger partial charge in [-0.2, -0.15) is 4.90 Å². The SMILES string of the molecule is O=CC(=O)NC(=O)N(c1ccco1)c1ccco1. The lowest BCUT2D eigenvalue weighted by Gasteiger charge is -2.15. The van der Waals surface area contributed by atoms with Gasteiger partial charge in [0.25, 0.3) is 5.91 Å².